The van der Waals surface area contributed by atoms with Crippen LogP contribution >= 0.6 is 23.2 Å². The van der Waals surface area contributed by atoms with E-state index in [0.717, 1.165) is 17.5 Å². The molecule has 0 bridgehead atoms. The Morgan fingerprint density at radius 3 is 2.75 bits per heavy atom. The Morgan fingerprint density at radius 1 is 1.17 bits per heavy atom. The van der Waals surface area contributed by atoms with Crippen LogP contribution in [-0.4, -0.2) is 4.92 Å². The van der Waals surface area contributed by atoms with Crippen molar-refractivity contribution in [3.8, 4) is 0 Å². The number of allylic oxidation sites excluding steroid dienone is 2. The van der Waals surface area contributed by atoms with E-state index in [9.17, 15) is 10.1 Å². The van der Waals surface area contributed by atoms with Crippen molar-refractivity contribution in [2.75, 3.05) is 5.32 Å². The van der Waals surface area contributed by atoms with Crippen molar-refractivity contribution >= 4 is 34.6 Å². The predicted octanol–water partition coefficient (Wildman–Crippen LogP) is 5.73. The Balaban J connectivity index is 1.87. The van der Waals surface area contributed by atoms with E-state index in [0.29, 0.717) is 15.7 Å². The first kappa shape index (κ1) is 15.5. The van der Waals surface area contributed by atoms with Gasteiger partial charge in [0, 0.05) is 22.0 Å². The van der Waals surface area contributed by atoms with Gasteiger partial charge in [-0.2, -0.15) is 0 Å². The van der Waals surface area contributed by atoms with E-state index < -0.39 is 0 Å². The average Bonchev–Trinajstić information content (AvgIpc) is 3.03. The summed E-state index contributed by atoms with van der Waals surface area (Å²) < 4.78 is 0. The maximum Gasteiger partial charge on any atom is 0.294 e. The number of halogens is 2. The van der Waals surface area contributed by atoms with Gasteiger partial charge in [0.1, 0.15) is 5.69 Å². The van der Waals surface area contributed by atoms with Crippen LogP contribution in [0.15, 0.2) is 48.6 Å². The number of nitro benzene ring substituents is 1. The zero-order valence-corrected chi connectivity index (χ0v) is 14.1. The molecular weight excluding hydrogens is 347 g/mol. The highest BCUT2D eigenvalue weighted by atomic mass is 35.5. The molecule has 2 aromatic rings. The molecule has 6 heteroatoms. The summed E-state index contributed by atoms with van der Waals surface area (Å²) in [7, 11) is 0. The summed E-state index contributed by atoms with van der Waals surface area (Å²) in [6.07, 6.45) is 5.17. The van der Waals surface area contributed by atoms with E-state index in [1.807, 2.05) is 30.3 Å². The molecule has 2 aromatic carbocycles. The van der Waals surface area contributed by atoms with Gasteiger partial charge in [0.2, 0.25) is 0 Å². The van der Waals surface area contributed by atoms with Gasteiger partial charge in [-0.3, -0.25) is 10.1 Å². The smallest absolute Gasteiger partial charge is 0.294 e. The van der Waals surface area contributed by atoms with Gasteiger partial charge >= 0.3 is 0 Å². The third kappa shape index (κ3) is 2.46. The molecule has 4 rings (SSSR count). The molecule has 0 saturated heterocycles. The van der Waals surface area contributed by atoms with Gasteiger partial charge in [0.25, 0.3) is 5.69 Å². The predicted molar refractivity (Wildman–Crippen MR) is 95.9 cm³/mol. The minimum Gasteiger partial charge on any atom is -0.372 e. The van der Waals surface area contributed by atoms with Crippen molar-refractivity contribution in [1.82, 2.24) is 0 Å². The molecule has 0 fully saturated rings. The normalized spacial score (nSPS) is 24.2. The minimum atomic E-state index is -0.383. The molecule has 24 heavy (non-hydrogen) atoms. The Morgan fingerprint density at radius 2 is 2.00 bits per heavy atom. The SMILES string of the molecule is O=[N+]([O-])c1cc(Cl)cc2c1N[C@H](c1cccc(Cl)c1)[C@H]1CC=C[C@@H]21. The summed E-state index contributed by atoms with van der Waals surface area (Å²) in [6, 6.07) is 10.9. The quantitative estimate of drug-likeness (QED) is 0.422. The summed E-state index contributed by atoms with van der Waals surface area (Å²) in [5.74, 6) is 0.400. The van der Waals surface area contributed by atoms with Gasteiger partial charge in [-0.05, 0) is 41.7 Å². The lowest BCUT2D eigenvalue weighted by Gasteiger charge is -2.37. The van der Waals surface area contributed by atoms with Crippen LogP contribution in [0.25, 0.3) is 0 Å². The lowest BCUT2D eigenvalue weighted by molar-refractivity contribution is -0.384. The molecule has 0 saturated carbocycles. The first-order chi connectivity index (χ1) is 11.5. The number of hydrogen-bond donors (Lipinski definition) is 1. The fourth-order valence-corrected chi connectivity index (χ4v) is 4.24. The number of rotatable bonds is 2. The fraction of sp³-hybridized carbons (Fsp3) is 0.222. The highest BCUT2D eigenvalue weighted by Crippen LogP contribution is 2.52. The largest absolute Gasteiger partial charge is 0.372 e. The van der Waals surface area contributed by atoms with E-state index in [2.05, 4.69) is 17.5 Å². The maximum absolute atomic E-state index is 11.5. The van der Waals surface area contributed by atoms with Gasteiger partial charge in [0.15, 0.2) is 0 Å². The van der Waals surface area contributed by atoms with Crippen LogP contribution in [0.4, 0.5) is 11.4 Å². The first-order valence-corrected chi connectivity index (χ1v) is 8.46. The fourth-order valence-electron chi connectivity index (χ4n) is 3.82. The Kier molecular flexibility index (Phi) is 3.74. The summed E-state index contributed by atoms with van der Waals surface area (Å²) in [4.78, 5) is 11.1. The molecule has 1 aliphatic heterocycles. The van der Waals surface area contributed by atoms with Crippen molar-refractivity contribution < 1.29 is 4.92 Å². The van der Waals surface area contributed by atoms with Crippen LogP contribution in [-0.2, 0) is 0 Å². The number of fused-ring (bicyclic) bond motifs is 3. The van der Waals surface area contributed by atoms with Crippen LogP contribution < -0.4 is 5.32 Å². The van der Waals surface area contributed by atoms with E-state index in [4.69, 9.17) is 23.2 Å². The minimum absolute atomic E-state index is 0.0169. The molecule has 4 nitrogen and oxygen atoms in total. The second-order valence-electron chi connectivity index (χ2n) is 6.18. The second-order valence-corrected chi connectivity index (χ2v) is 7.05. The monoisotopic (exact) mass is 360 g/mol. The summed E-state index contributed by atoms with van der Waals surface area (Å²) >= 11 is 12.3. The first-order valence-electron chi connectivity index (χ1n) is 7.71. The van der Waals surface area contributed by atoms with Crippen molar-refractivity contribution in [2.45, 2.75) is 18.4 Å². The molecule has 2 aliphatic rings. The molecule has 0 spiro atoms. The van der Waals surface area contributed by atoms with Crippen molar-refractivity contribution in [1.29, 1.82) is 0 Å². The number of benzene rings is 2. The van der Waals surface area contributed by atoms with E-state index >= 15 is 0 Å². The van der Waals surface area contributed by atoms with Crippen molar-refractivity contribution in [2.24, 2.45) is 5.92 Å². The topological polar surface area (TPSA) is 55.2 Å². The number of nitro groups is 1. The molecule has 1 aliphatic carbocycles. The zero-order chi connectivity index (χ0) is 16.8. The molecular formula is C18H14Cl2N2O2. The molecule has 1 heterocycles. The van der Waals surface area contributed by atoms with Crippen molar-refractivity contribution in [3.05, 3.63) is 79.8 Å². The average molecular weight is 361 g/mol. The molecule has 0 amide bonds. The highest BCUT2D eigenvalue weighted by molar-refractivity contribution is 6.31. The van der Waals surface area contributed by atoms with Crippen LogP contribution in [0.1, 0.15) is 29.5 Å². The van der Waals surface area contributed by atoms with Gasteiger partial charge in [-0.1, -0.05) is 47.5 Å². The summed E-state index contributed by atoms with van der Waals surface area (Å²) in [5, 5.41) is 15.9. The number of anilines is 1. The third-order valence-electron chi connectivity index (χ3n) is 4.82. The highest BCUT2D eigenvalue weighted by Gasteiger charge is 2.40. The Labute approximate surface area is 149 Å². The molecule has 122 valence electrons. The van der Waals surface area contributed by atoms with Crippen LogP contribution in [0.3, 0.4) is 0 Å². The van der Waals surface area contributed by atoms with E-state index in [1.165, 1.54) is 6.07 Å². The number of nitrogens with zero attached hydrogens (tertiary/aromatic N) is 1. The van der Waals surface area contributed by atoms with Gasteiger partial charge in [-0.15, -0.1) is 0 Å². The van der Waals surface area contributed by atoms with Crippen LogP contribution in [0.5, 0.6) is 0 Å². The number of nitrogens with one attached hydrogen (secondary N) is 1. The third-order valence-corrected chi connectivity index (χ3v) is 5.27. The number of hydrogen-bond acceptors (Lipinski definition) is 3. The lowest BCUT2D eigenvalue weighted by atomic mass is 9.77. The van der Waals surface area contributed by atoms with Gasteiger partial charge < -0.3 is 5.32 Å². The Hall–Kier alpha value is -2.04. The van der Waals surface area contributed by atoms with Gasteiger partial charge in [-0.25, -0.2) is 0 Å². The van der Waals surface area contributed by atoms with Crippen LogP contribution in [0, 0.1) is 16.0 Å². The molecule has 0 radical (unpaired) electrons. The standard InChI is InChI=1S/C18H14Cl2N2O2/c19-11-4-1-3-10(7-11)17-14-6-2-5-13(14)15-8-12(20)9-16(22(23)24)18(15)21-17/h1-5,7-9,13-14,17,21H,6H2/t13-,14+,17-/m1/s1. The van der Waals surface area contributed by atoms with E-state index in [-0.39, 0.29) is 28.5 Å². The molecule has 3 atom stereocenters. The zero-order valence-electron chi connectivity index (χ0n) is 12.6. The summed E-state index contributed by atoms with van der Waals surface area (Å²) in [5.41, 5.74) is 2.51. The molecule has 0 aromatic heterocycles. The second kappa shape index (κ2) is 5.80. The van der Waals surface area contributed by atoms with Crippen LogP contribution in [0.2, 0.25) is 10.0 Å². The molecule has 1 N–H and O–H groups in total. The Bertz CT molecular complexity index is 866. The van der Waals surface area contributed by atoms with Crippen molar-refractivity contribution in [3.63, 3.8) is 0 Å². The van der Waals surface area contributed by atoms with E-state index in [1.54, 1.807) is 0 Å². The summed E-state index contributed by atoms with van der Waals surface area (Å²) in [6.45, 7) is 0. The maximum atomic E-state index is 11.5. The lowest BCUT2D eigenvalue weighted by Crippen LogP contribution is -2.29. The van der Waals surface area contributed by atoms with Gasteiger partial charge in [0.05, 0.1) is 11.0 Å². The molecule has 0 unspecified atom stereocenters.